The molecule has 0 aromatic carbocycles. The summed E-state index contributed by atoms with van der Waals surface area (Å²) in [6, 6.07) is 0. The summed E-state index contributed by atoms with van der Waals surface area (Å²) in [4.78, 5) is 20.1. The number of carboxylic acid groups (broad SMARTS) is 1. The Kier molecular flexibility index (Phi) is 12.4. The van der Waals surface area contributed by atoms with Gasteiger partial charge >= 0.3 is 11.9 Å². The molecule has 0 radical (unpaired) electrons. The molecule has 0 atom stereocenters. The Morgan fingerprint density at radius 3 is 2.11 bits per heavy atom. The molecule has 0 unspecified atom stereocenters. The van der Waals surface area contributed by atoms with Gasteiger partial charge in [0.1, 0.15) is 6.61 Å². The lowest BCUT2D eigenvalue weighted by atomic mass is 10.2. The van der Waals surface area contributed by atoms with E-state index in [0.29, 0.717) is 12.5 Å². The van der Waals surface area contributed by atoms with Gasteiger partial charge in [-0.15, -0.1) is 0 Å². The van der Waals surface area contributed by atoms with E-state index in [2.05, 4.69) is 4.74 Å². The highest BCUT2D eigenvalue weighted by molar-refractivity contribution is 5.68. The minimum Gasteiger partial charge on any atom is -0.481 e. The highest BCUT2D eigenvalue weighted by Gasteiger charge is 1.89. The van der Waals surface area contributed by atoms with Crippen molar-refractivity contribution in [1.29, 1.82) is 0 Å². The summed E-state index contributed by atoms with van der Waals surface area (Å²) in [5.41, 5.74) is 1.16. The number of carbonyl (C=O) groups excluding carboxylic acids is 1. The van der Waals surface area contributed by atoms with Crippen molar-refractivity contribution >= 4 is 11.9 Å². The second kappa shape index (κ2) is 11.9. The molecule has 0 heterocycles. The highest BCUT2D eigenvalue weighted by atomic mass is 16.5. The van der Waals surface area contributed by atoms with Crippen molar-refractivity contribution in [3.8, 4) is 0 Å². The average Bonchev–Trinajstić information content (AvgIpc) is 2.15. The summed E-state index contributed by atoms with van der Waals surface area (Å²) in [5, 5.41) is 8.18. The first kappa shape index (κ1) is 18.8. The molecule has 0 rings (SSSR count). The topological polar surface area (TPSA) is 63.6 Å². The Morgan fingerprint density at radius 2 is 1.78 bits per heavy atom. The molecule has 0 aliphatic heterocycles. The number of ether oxygens (including phenoxy) is 1. The first-order chi connectivity index (χ1) is 8.25. The van der Waals surface area contributed by atoms with Crippen molar-refractivity contribution in [2.24, 2.45) is 5.92 Å². The van der Waals surface area contributed by atoms with Gasteiger partial charge in [0.25, 0.3) is 0 Å². The first-order valence-corrected chi connectivity index (χ1v) is 5.90. The molecule has 0 aliphatic carbocycles. The standard InChI is InChI=1S/2C7H12O2/c1-6(2)4-5-9-7(3)8;1-6(2)4-3-5-7(8)9/h4H,5H2,1-3H3;3-4,6H,5H2,1-2H3,(H,8,9). The number of hydrogen-bond donors (Lipinski definition) is 1. The molecule has 1 N–H and O–H groups in total. The summed E-state index contributed by atoms with van der Waals surface area (Å²) in [6.45, 7) is 9.75. The molecule has 0 aliphatic rings. The van der Waals surface area contributed by atoms with Crippen molar-refractivity contribution in [1.82, 2.24) is 0 Å². The number of carbonyl (C=O) groups is 2. The van der Waals surface area contributed by atoms with E-state index in [1.165, 1.54) is 6.92 Å². The third-order valence-corrected chi connectivity index (χ3v) is 1.59. The van der Waals surface area contributed by atoms with Gasteiger partial charge in [-0.2, -0.15) is 0 Å². The summed E-state index contributed by atoms with van der Waals surface area (Å²) in [5.74, 6) is -0.552. The molecule has 18 heavy (non-hydrogen) atoms. The van der Waals surface area contributed by atoms with E-state index in [0.717, 1.165) is 5.57 Å². The fourth-order valence-corrected chi connectivity index (χ4v) is 0.767. The van der Waals surface area contributed by atoms with Crippen molar-refractivity contribution < 1.29 is 19.4 Å². The zero-order valence-electron chi connectivity index (χ0n) is 11.9. The van der Waals surface area contributed by atoms with Crippen LogP contribution >= 0.6 is 0 Å². The maximum absolute atomic E-state index is 10.2. The van der Waals surface area contributed by atoms with Crippen LogP contribution in [0, 0.1) is 5.92 Å². The fraction of sp³-hybridized carbons (Fsp3) is 0.571. The minimum absolute atomic E-state index is 0.137. The largest absolute Gasteiger partial charge is 0.481 e. The van der Waals surface area contributed by atoms with Crippen LogP contribution in [0.25, 0.3) is 0 Å². The zero-order chi connectivity index (χ0) is 14.6. The Bertz CT molecular complexity index is 297. The molecule has 0 saturated carbocycles. The molecule has 0 spiro atoms. The van der Waals surface area contributed by atoms with Crippen LogP contribution in [-0.2, 0) is 14.3 Å². The minimum atomic E-state index is -0.771. The molecule has 0 bridgehead atoms. The fourth-order valence-electron chi connectivity index (χ4n) is 0.767. The van der Waals surface area contributed by atoms with Gasteiger partial charge in [-0.05, 0) is 25.8 Å². The van der Waals surface area contributed by atoms with Crippen molar-refractivity contribution in [3.63, 3.8) is 0 Å². The lowest BCUT2D eigenvalue weighted by Gasteiger charge is -1.94. The van der Waals surface area contributed by atoms with Crippen LogP contribution in [0.15, 0.2) is 23.8 Å². The van der Waals surface area contributed by atoms with Gasteiger partial charge in [0, 0.05) is 6.92 Å². The Balaban J connectivity index is 0. The molecule has 0 amide bonds. The molecule has 4 nitrogen and oxygen atoms in total. The van der Waals surface area contributed by atoms with E-state index in [1.807, 2.05) is 39.8 Å². The summed E-state index contributed by atoms with van der Waals surface area (Å²) < 4.78 is 4.64. The van der Waals surface area contributed by atoms with Crippen LogP contribution in [0.4, 0.5) is 0 Å². The van der Waals surface area contributed by atoms with Crippen LogP contribution in [0.3, 0.4) is 0 Å². The summed E-state index contributed by atoms with van der Waals surface area (Å²) in [7, 11) is 0. The number of allylic oxidation sites excluding steroid dienone is 2. The predicted octanol–water partition coefficient (Wildman–Crippen LogP) is 3.19. The molecular weight excluding hydrogens is 232 g/mol. The van der Waals surface area contributed by atoms with Gasteiger partial charge in [-0.25, -0.2) is 0 Å². The van der Waals surface area contributed by atoms with Crippen LogP contribution < -0.4 is 0 Å². The molecule has 0 saturated heterocycles. The maximum Gasteiger partial charge on any atom is 0.307 e. The number of aliphatic carboxylic acids is 1. The van der Waals surface area contributed by atoms with Crippen molar-refractivity contribution in [2.45, 2.75) is 41.0 Å². The molecule has 0 fully saturated rings. The van der Waals surface area contributed by atoms with Gasteiger partial charge in [-0.3, -0.25) is 9.59 Å². The highest BCUT2D eigenvalue weighted by Crippen LogP contribution is 1.94. The predicted molar refractivity (Wildman–Crippen MR) is 72.3 cm³/mol. The zero-order valence-corrected chi connectivity index (χ0v) is 11.9. The second-order valence-electron chi connectivity index (χ2n) is 4.35. The van der Waals surface area contributed by atoms with Gasteiger partial charge in [0.2, 0.25) is 0 Å². The smallest absolute Gasteiger partial charge is 0.307 e. The molecule has 0 aromatic rings. The molecular formula is C14H24O4. The number of hydrogen-bond acceptors (Lipinski definition) is 3. The first-order valence-electron chi connectivity index (χ1n) is 5.90. The maximum atomic E-state index is 10.2. The van der Waals surface area contributed by atoms with E-state index < -0.39 is 5.97 Å². The monoisotopic (exact) mass is 256 g/mol. The third kappa shape index (κ3) is 23.9. The summed E-state index contributed by atoms with van der Waals surface area (Å²) in [6.07, 6.45) is 5.56. The van der Waals surface area contributed by atoms with Gasteiger partial charge in [-0.1, -0.05) is 31.6 Å². The molecule has 0 aromatic heterocycles. The number of carboxylic acids is 1. The number of esters is 1. The summed E-state index contributed by atoms with van der Waals surface area (Å²) >= 11 is 0. The van der Waals surface area contributed by atoms with Crippen LogP contribution in [0.2, 0.25) is 0 Å². The van der Waals surface area contributed by atoms with Gasteiger partial charge < -0.3 is 9.84 Å². The SMILES string of the molecule is CC(=O)OCC=C(C)C.CC(C)C=CCC(=O)O. The van der Waals surface area contributed by atoms with E-state index in [9.17, 15) is 9.59 Å². The van der Waals surface area contributed by atoms with E-state index in [1.54, 1.807) is 6.08 Å². The Hall–Kier alpha value is -1.58. The van der Waals surface area contributed by atoms with Crippen LogP contribution in [-0.4, -0.2) is 23.7 Å². The quantitative estimate of drug-likeness (QED) is 0.606. The van der Waals surface area contributed by atoms with E-state index >= 15 is 0 Å². The second-order valence-corrected chi connectivity index (χ2v) is 4.35. The van der Waals surface area contributed by atoms with Crippen LogP contribution in [0.1, 0.15) is 41.0 Å². The van der Waals surface area contributed by atoms with Gasteiger partial charge in [0.05, 0.1) is 6.42 Å². The molecule has 104 valence electrons. The normalized spacial score (nSPS) is 9.67. The van der Waals surface area contributed by atoms with Gasteiger partial charge in [0.15, 0.2) is 0 Å². The van der Waals surface area contributed by atoms with E-state index in [-0.39, 0.29) is 12.4 Å². The average molecular weight is 256 g/mol. The van der Waals surface area contributed by atoms with Crippen LogP contribution in [0.5, 0.6) is 0 Å². The Morgan fingerprint density at radius 1 is 1.22 bits per heavy atom. The van der Waals surface area contributed by atoms with E-state index in [4.69, 9.17) is 5.11 Å². The Labute approximate surface area is 109 Å². The lowest BCUT2D eigenvalue weighted by molar-refractivity contribution is -0.139. The molecule has 4 heteroatoms. The van der Waals surface area contributed by atoms with Crippen molar-refractivity contribution in [2.75, 3.05) is 6.61 Å². The van der Waals surface area contributed by atoms with Crippen molar-refractivity contribution in [3.05, 3.63) is 23.8 Å². The number of rotatable bonds is 5. The lowest BCUT2D eigenvalue weighted by Crippen LogP contribution is -1.97. The third-order valence-electron chi connectivity index (χ3n) is 1.59.